The number of anilines is 1. The zero-order chi connectivity index (χ0) is 11.5. The summed E-state index contributed by atoms with van der Waals surface area (Å²) in [5.74, 6) is 0.875. The molecule has 2 rings (SSSR count). The van der Waals surface area contributed by atoms with Gasteiger partial charge in [0.05, 0.1) is 5.69 Å². The van der Waals surface area contributed by atoms with E-state index in [1.54, 1.807) is 0 Å². The van der Waals surface area contributed by atoms with E-state index in [1.807, 2.05) is 19.1 Å². The highest BCUT2D eigenvalue weighted by atomic mass is 79.9. The second kappa shape index (κ2) is 4.70. The van der Waals surface area contributed by atoms with Gasteiger partial charge in [-0.1, -0.05) is 28.1 Å². The van der Waals surface area contributed by atoms with Crippen molar-refractivity contribution in [1.82, 2.24) is 4.98 Å². The Bertz CT molecular complexity index is 476. The van der Waals surface area contributed by atoms with Crippen molar-refractivity contribution in [3.05, 3.63) is 45.8 Å². The number of hydrogen-bond acceptors (Lipinski definition) is 3. The minimum absolute atomic E-state index is 0.253. The average Bonchev–Trinajstić information content (AvgIpc) is 2.57. The first-order chi connectivity index (χ1) is 7.65. The second-order valence-electron chi connectivity index (χ2n) is 3.69. The highest BCUT2D eigenvalue weighted by molar-refractivity contribution is 9.10. The highest BCUT2D eigenvalue weighted by Gasteiger charge is 2.06. The van der Waals surface area contributed by atoms with E-state index in [1.165, 1.54) is 5.56 Å². The highest BCUT2D eigenvalue weighted by Crippen LogP contribution is 2.16. The van der Waals surface area contributed by atoms with Crippen LogP contribution in [0.5, 0.6) is 0 Å². The maximum absolute atomic E-state index is 5.48. The molecule has 0 saturated heterocycles. The summed E-state index contributed by atoms with van der Waals surface area (Å²) in [5.41, 5.74) is 7.64. The lowest BCUT2D eigenvalue weighted by Crippen LogP contribution is -1.91. The van der Waals surface area contributed by atoms with Gasteiger partial charge in [0.1, 0.15) is 5.76 Å². The van der Waals surface area contributed by atoms with E-state index < -0.39 is 0 Å². The number of aryl methyl sites for hydroxylation is 3. The normalized spacial score (nSPS) is 10.6. The quantitative estimate of drug-likeness (QED) is 0.940. The number of nitrogens with zero attached hydrogens (tertiary/aromatic N) is 1. The maximum atomic E-state index is 5.48. The van der Waals surface area contributed by atoms with Gasteiger partial charge in [0.15, 0.2) is 0 Å². The van der Waals surface area contributed by atoms with E-state index in [9.17, 15) is 0 Å². The molecule has 0 aliphatic heterocycles. The molecule has 0 unspecified atom stereocenters. The summed E-state index contributed by atoms with van der Waals surface area (Å²) >= 11 is 3.41. The topological polar surface area (TPSA) is 52.0 Å². The lowest BCUT2D eigenvalue weighted by molar-refractivity contribution is 0.519. The Morgan fingerprint density at radius 1 is 1.25 bits per heavy atom. The number of halogens is 1. The van der Waals surface area contributed by atoms with Crippen LogP contribution in [-0.2, 0) is 12.8 Å². The van der Waals surface area contributed by atoms with Gasteiger partial charge in [-0.25, -0.2) is 0 Å². The van der Waals surface area contributed by atoms with Crippen LogP contribution < -0.4 is 5.73 Å². The monoisotopic (exact) mass is 280 g/mol. The van der Waals surface area contributed by atoms with Crippen LogP contribution in [0.1, 0.15) is 17.0 Å². The van der Waals surface area contributed by atoms with E-state index in [-0.39, 0.29) is 6.01 Å². The molecule has 1 aromatic heterocycles. The molecule has 1 aromatic carbocycles. The summed E-state index contributed by atoms with van der Waals surface area (Å²) < 4.78 is 6.41. The zero-order valence-electron chi connectivity index (χ0n) is 9.03. The molecule has 3 nitrogen and oxygen atoms in total. The summed E-state index contributed by atoms with van der Waals surface area (Å²) in [4.78, 5) is 4.04. The first-order valence-electron chi connectivity index (χ1n) is 5.11. The van der Waals surface area contributed by atoms with Crippen LogP contribution in [0.4, 0.5) is 6.01 Å². The Morgan fingerprint density at radius 3 is 2.50 bits per heavy atom. The van der Waals surface area contributed by atoms with Crippen molar-refractivity contribution < 1.29 is 4.42 Å². The van der Waals surface area contributed by atoms with Gasteiger partial charge in [0, 0.05) is 10.9 Å². The van der Waals surface area contributed by atoms with Crippen molar-refractivity contribution in [2.24, 2.45) is 0 Å². The molecule has 2 N–H and O–H groups in total. The molecule has 84 valence electrons. The number of nitrogen functional groups attached to an aromatic ring is 1. The summed E-state index contributed by atoms with van der Waals surface area (Å²) in [6, 6.07) is 8.52. The van der Waals surface area contributed by atoms with Crippen molar-refractivity contribution in [2.45, 2.75) is 19.8 Å². The number of oxazole rings is 1. The Balaban J connectivity index is 2.02. The smallest absolute Gasteiger partial charge is 0.292 e. The van der Waals surface area contributed by atoms with Crippen molar-refractivity contribution in [3.63, 3.8) is 0 Å². The summed E-state index contributed by atoms with van der Waals surface area (Å²) in [5, 5.41) is 0. The van der Waals surface area contributed by atoms with Crippen LogP contribution in [0, 0.1) is 6.92 Å². The number of rotatable bonds is 3. The first kappa shape index (κ1) is 11.2. The molecule has 1 heterocycles. The van der Waals surface area contributed by atoms with E-state index in [2.05, 4.69) is 33.0 Å². The van der Waals surface area contributed by atoms with Gasteiger partial charge in [-0.05, 0) is 31.0 Å². The van der Waals surface area contributed by atoms with Gasteiger partial charge >= 0.3 is 0 Å². The second-order valence-corrected chi connectivity index (χ2v) is 4.60. The third-order valence-corrected chi connectivity index (χ3v) is 2.99. The van der Waals surface area contributed by atoms with Crippen molar-refractivity contribution in [3.8, 4) is 0 Å². The summed E-state index contributed by atoms with van der Waals surface area (Å²) in [6.45, 7) is 1.91. The van der Waals surface area contributed by atoms with Crippen LogP contribution in [0.15, 0.2) is 33.2 Å². The largest absolute Gasteiger partial charge is 0.429 e. The van der Waals surface area contributed by atoms with Crippen molar-refractivity contribution in [1.29, 1.82) is 0 Å². The molecule has 0 amide bonds. The lowest BCUT2D eigenvalue weighted by atomic mass is 10.1. The molecule has 0 aliphatic carbocycles. The number of nitrogens with two attached hydrogens (primary N) is 1. The summed E-state index contributed by atoms with van der Waals surface area (Å²) in [7, 11) is 0. The van der Waals surface area contributed by atoms with Gasteiger partial charge in [-0.3, -0.25) is 0 Å². The summed E-state index contributed by atoms with van der Waals surface area (Å²) in [6.07, 6.45) is 1.76. The molecule has 2 aromatic rings. The van der Waals surface area contributed by atoms with E-state index in [4.69, 9.17) is 10.2 Å². The Kier molecular flexibility index (Phi) is 3.29. The van der Waals surface area contributed by atoms with Gasteiger partial charge < -0.3 is 10.2 Å². The molecular formula is C12H13BrN2O. The van der Waals surface area contributed by atoms with Crippen LogP contribution in [0.3, 0.4) is 0 Å². The molecule has 16 heavy (non-hydrogen) atoms. The fourth-order valence-electron chi connectivity index (χ4n) is 1.59. The predicted octanol–water partition coefficient (Wildman–Crippen LogP) is 3.11. The first-order valence-corrected chi connectivity index (χ1v) is 5.90. The maximum Gasteiger partial charge on any atom is 0.292 e. The van der Waals surface area contributed by atoms with Gasteiger partial charge in [0.25, 0.3) is 6.01 Å². The van der Waals surface area contributed by atoms with Crippen LogP contribution in [0.2, 0.25) is 0 Å². The minimum Gasteiger partial charge on any atom is -0.429 e. The van der Waals surface area contributed by atoms with E-state index in [0.29, 0.717) is 0 Å². The fraction of sp³-hybridized carbons (Fsp3) is 0.250. The molecule has 0 spiro atoms. The standard InChI is InChI=1S/C12H13BrN2O/c1-8-11(16-12(14)15-8)7-4-9-2-5-10(13)6-3-9/h2-3,5-6H,4,7H2,1H3,(H2,14,15). The third-order valence-electron chi connectivity index (χ3n) is 2.46. The molecule has 0 atom stereocenters. The van der Waals surface area contributed by atoms with Crippen molar-refractivity contribution >= 4 is 21.9 Å². The molecule has 0 aliphatic rings. The third kappa shape index (κ3) is 2.64. The fourth-order valence-corrected chi connectivity index (χ4v) is 1.86. The lowest BCUT2D eigenvalue weighted by Gasteiger charge is -2.00. The van der Waals surface area contributed by atoms with Crippen LogP contribution in [-0.4, -0.2) is 4.98 Å². The van der Waals surface area contributed by atoms with Crippen LogP contribution in [0.25, 0.3) is 0 Å². The SMILES string of the molecule is Cc1nc(N)oc1CCc1ccc(Br)cc1. The van der Waals surface area contributed by atoms with Gasteiger partial charge in [0.2, 0.25) is 0 Å². The Morgan fingerprint density at radius 2 is 1.94 bits per heavy atom. The number of benzene rings is 1. The molecule has 0 bridgehead atoms. The Labute approximate surface area is 103 Å². The van der Waals surface area contributed by atoms with E-state index in [0.717, 1.165) is 28.8 Å². The minimum atomic E-state index is 0.253. The molecule has 0 fully saturated rings. The number of hydrogen-bond donors (Lipinski definition) is 1. The molecule has 4 heteroatoms. The molecular weight excluding hydrogens is 268 g/mol. The van der Waals surface area contributed by atoms with Gasteiger partial charge in [-0.15, -0.1) is 0 Å². The number of aromatic nitrogens is 1. The van der Waals surface area contributed by atoms with Gasteiger partial charge in [-0.2, -0.15) is 4.98 Å². The molecule has 0 saturated carbocycles. The predicted molar refractivity (Wildman–Crippen MR) is 67.2 cm³/mol. The molecule has 0 radical (unpaired) electrons. The average molecular weight is 281 g/mol. The van der Waals surface area contributed by atoms with E-state index >= 15 is 0 Å². The van der Waals surface area contributed by atoms with Crippen LogP contribution >= 0.6 is 15.9 Å². The Hall–Kier alpha value is -1.29. The zero-order valence-corrected chi connectivity index (χ0v) is 10.6. The van der Waals surface area contributed by atoms with Crippen molar-refractivity contribution in [2.75, 3.05) is 5.73 Å².